The van der Waals surface area contributed by atoms with Crippen LogP contribution in [0.3, 0.4) is 0 Å². The molecule has 30 heavy (non-hydrogen) atoms. The van der Waals surface area contributed by atoms with E-state index in [0.29, 0.717) is 12.3 Å². The number of rotatable bonds is 13. The van der Waals surface area contributed by atoms with E-state index in [1.807, 2.05) is 18.2 Å². The van der Waals surface area contributed by atoms with E-state index in [-0.39, 0.29) is 24.8 Å². The van der Waals surface area contributed by atoms with Crippen molar-refractivity contribution in [1.29, 1.82) is 0 Å². The molecule has 0 bridgehead atoms. The smallest absolute Gasteiger partial charge is 0.279 e. The van der Waals surface area contributed by atoms with Gasteiger partial charge in [0.25, 0.3) is 15.8 Å². The fraction of sp³-hybridized carbons (Fsp3) is 0.500. The highest BCUT2D eigenvalue weighted by Gasteiger charge is 2.19. The Balaban J connectivity index is 2.09. The van der Waals surface area contributed by atoms with Crippen LogP contribution in [0.15, 0.2) is 59.5 Å². The molecule has 0 saturated carbocycles. The molecular formula is C22H33N3O4S. The van der Waals surface area contributed by atoms with Crippen LogP contribution < -0.4 is 10.3 Å². The van der Waals surface area contributed by atoms with Crippen LogP contribution in [-0.2, 0) is 10.2 Å². The lowest BCUT2D eigenvalue weighted by Crippen LogP contribution is -2.40. The molecule has 0 saturated heterocycles. The third-order valence-corrected chi connectivity index (χ3v) is 6.79. The maximum atomic E-state index is 12.3. The molecule has 1 heterocycles. The first-order valence-electron chi connectivity index (χ1n) is 10.3. The molecule has 166 valence electrons. The molecule has 2 atom stereocenters. The monoisotopic (exact) mass is 435 g/mol. The minimum Gasteiger partial charge on any atom is -0.396 e. The van der Waals surface area contributed by atoms with Gasteiger partial charge in [-0.05, 0) is 43.2 Å². The first-order chi connectivity index (χ1) is 14.3. The molecule has 0 fully saturated rings. The van der Waals surface area contributed by atoms with Gasteiger partial charge in [-0.1, -0.05) is 42.8 Å². The summed E-state index contributed by atoms with van der Waals surface area (Å²) < 4.78 is 29.6. The molecule has 0 spiro atoms. The standard InChI is InChI=1S/C22H33N3O4S/c1-24(2)30(28,29)23-18-21(25-16-7-6-15-22(25)27)14-8-12-20(13-9-17-26)19-10-4-3-5-11-19/h3-7,10-11,15-16,20-21,23,26H,8-9,12-14,17-18H2,1-2H3/t20-,21?/m1/s1. The van der Waals surface area contributed by atoms with Crippen LogP contribution in [-0.4, -0.2) is 49.6 Å². The predicted octanol–water partition coefficient (Wildman–Crippen LogP) is 2.51. The summed E-state index contributed by atoms with van der Waals surface area (Å²) in [4.78, 5) is 12.3. The van der Waals surface area contributed by atoms with Crippen molar-refractivity contribution >= 4 is 10.2 Å². The van der Waals surface area contributed by atoms with E-state index in [1.54, 1.807) is 22.9 Å². The van der Waals surface area contributed by atoms with Crippen molar-refractivity contribution in [3.63, 3.8) is 0 Å². The molecule has 0 aliphatic carbocycles. The number of nitrogens with one attached hydrogen (secondary N) is 1. The van der Waals surface area contributed by atoms with Crippen molar-refractivity contribution in [3.8, 4) is 0 Å². The molecule has 1 aromatic carbocycles. The van der Waals surface area contributed by atoms with Crippen molar-refractivity contribution in [3.05, 3.63) is 70.6 Å². The third-order valence-electron chi connectivity index (χ3n) is 5.30. The van der Waals surface area contributed by atoms with Gasteiger partial charge in [0.1, 0.15) is 0 Å². The molecule has 0 radical (unpaired) electrons. The van der Waals surface area contributed by atoms with Crippen molar-refractivity contribution in [1.82, 2.24) is 13.6 Å². The number of pyridine rings is 1. The van der Waals surface area contributed by atoms with Crippen molar-refractivity contribution in [2.75, 3.05) is 27.2 Å². The van der Waals surface area contributed by atoms with Gasteiger partial charge in [0.15, 0.2) is 0 Å². The van der Waals surface area contributed by atoms with Gasteiger partial charge < -0.3 is 9.67 Å². The summed E-state index contributed by atoms with van der Waals surface area (Å²) in [5.74, 6) is 0.324. The average Bonchev–Trinajstić information content (AvgIpc) is 2.74. The minimum absolute atomic E-state index is 0.147. The van der Waals surface area contributed by atoms with Gasteiger partial charge in [-0.2, -0.15) is 12.7 Å². The molecule has 2 N–H and O–H groups in total. The summed E-state index contributed by atoms with van der Waals surface area (Å²) >= 11 is 0. The number of aliphatic hydroxyl groups excluding tert-OH is 1. The topological polar surface area (TPSA) is 91.6 Å². The van der Waals surface area contributed by atoms with Gasteiger partial charge in [0.2, 0.25) is 0 Å². The molecule has 2 rings (SSSR count). The summed E-state index contributed by atoms with van der Waals surface area (Å²) in [5.41, 5.74) is 1.10. The van der Waals surface area contributed by atoms with Gasteiger partial charge in [0, 0.05) is 39.5 Å². The van der Waals surface area contributed by atoms with Crippen molar-refractivity contribution in [2.45, 2.75) is 44.1 Å². The van der Waals surface area contributed by atoms with Gasteiger partial charge in [0.05, 0.1) is 6.04 Å². The number of aliphatic hydroxyl groups is 1. The van der Waals surface area contributed by atoms with E-state index in [4.69, 9.17) is 0 Å². The fourth-order valence-electron chi connectivity index (χ4n) is 3.55. The first-order valence-corrected chi connectivity index (χ1v) is 11.8. The third kappa shape index (κ3) is 7.36. The Morgan fingerprint density at radius 2 is 1.67 bits per heavy atom. The lowest BCUT2D eigenvalue weighted by Gasteiger charge is -2.23. The van der Waals surface area contributed by atoms with Gasteiger partial charge >= 0.3 is 0 Å². The maximum Gasteiger partial charge on any atom is 0.279 e. The Labute approximate surface area is 179 Å². The molecule has 8 heteroatoms. The van der Waals surface area contributed by atoms with Gasteiger partial charge in [-0.15, -0.1) is 0 Å². The van der Waals surface area contributed by atoms with Crippen molar-refractivity contribution < 1.29 is 13.5 Å². The van der Waals surface area contributed by atoms with E-state index in [0.717, 1.165) is 30.0 Å². The fourth-order valence-corrected chi connectivity index (χ4v) is 4.21. The summed E-state index contributed by atoms with van der Waals surface area (Å²) in [5, 5.41) is 9.24. The highest BCUT2D eigenvalue weighted by molar-refractivity contribution is 7.87. The van der Waals surface area contributed by atoms with Crippen LogP contribution in [0.5, 0.6) is 0 Å². The summed E-state index contributed by atoms with van der Waals surface area (Å²) in [7, 11) is -0.631. The van der Waals surface area contributed by atoms with E-state index in [1.165, 1.54) is 25.7 Å². The zero-order chi connectivity index (χ0) is 22.0. The molecule has 0 amide bonds. The molecule has 2 aromatic rings. The minimum atomic E-state index is -3.57. The zero-order valence-electron chi connectivity index (χ0n) is 17.8. The summed E-state index contributed by atoms with van der Waals surface area (Å²) in [6.45, 7) is 0.314. The molecule has 7 nitrogen and oxygen atoms in total. The van der Waals surface area contributed by atoms with Crippen LogP contribution in [0.2, 0.25) is 0 Å². The molecule has 0 aliphatic rings. The first kappa shape index (κ1) is 24.3. The average molecular weight is 436 g/mol. The van der Waals surface area contributed by atoms with Crippen molar-refractivity contribution in [2.24, 2.45) is 0 Å². The largest absolute Gasteiger partial charge is 0.396 e. The highest BCUT2D eigenvalue weighted by atomic mass is 32.2. The van der Waals surface area contributed by atoms with Crippen LogP contribution in [0.4, 0.5) is 0 Å². The van der Waals surface area contributed by atoms with E-state index < -0.39 is 10.2 Å². The Hall–Kier alpha value is -2.00. The Bertz CT molecular complexity index is 913. The number of aromatic nitrogens is 1. The van der Waals surface area contributed by atoms with Crippen LogP contribution in [0.25, 0.3) is 0 Å². The second kappa shape index (κ2) is 12.0. The number of nitrogens with zero attached hydrogens (tertiary/aromatic N) is 2. The molecule has 1 unspecified atom stereocenters. The molecule has 0 aliphatic heterocycles. The Morgan fingerprint density at radius 3 is 2.30 bits per heavy atom. The van der Waals surface area contributed by atoms with Crippen LogP contribution >= 0.6 is 0 Å². The lowest BCUT2D eigenvalue weighted by molar-refractivity contribution is 0.277. The number of hydrogen-bond acceptors (Lipinski definition) is 4. The predicted molar refractivity (Wildman–Crippen MR) is 120 cm³/mol. The van der Waals surface area contributed by atoms with E-state index in [9.17, 15) is 18.3 Å². The second-order valence-electron chi connectivity index (χ2n) is 7.64. The Morgan fingerprint density at radius 1 is 1.00 bits per heavy atom. The molecular weight excluding hydrogens is 402 g/mol. The van der Waals surface area contributed by atoms with E-state index >= 15 is 0 Å². The maximum absolute atomic E-state index is 12.3. The molecule has 1 aromatic heterocycles. The second-order valence-corrected chi connectivity index (χ2v) is 9.61. The number of benzene rings is 1. The quantitative estimate of drug-likeness (QED) is 0.506. The number of hydrogen-bond donors (Lipinski definition) is 2. The zero-order valence-corrected chi connectivity index (χ0v) is 18.6. The highest BCUT2D eigenvalue weighted by Crippen LogP contribution is 2.28. The van der Waals surface area contributed by atoms with E-state index in [2.05, 4.69) is 16.9 Å². The lowest BCUT2D eigenvalue weighted by atomic mass is 9.89. The van der Waals surface area contributed by atoms with Crippen LogP contribution in [0, 0.1) is 0 Å². The SMILES string of the molecule is CN(C)S(=O)(=O)NCC(CCC[C@H](CCCO)c1ccccc1)n1ccccc1=O. The summed E-state index contributed by atoms with van der Waals surface area (Å²) in [6, 6.07) is 14.9. The summed E-state index contributed by atoms with van der Waals surface area (Å²) in [6.07, 6.45) is 5.75. The van der Waals surface area contributed by atoms with Gasteiger partial charge in [-0.3, -0.25) is 4.79 Å². The Kier molecular flexibility index (Phi) is 9.71. The van der Waals surface area contributed by atoms with Crippen LogP contribution in [0.1, 0.15) is 49.6 Å². The van der Waals surface area contributed by atoms with Gasteiger partial charge in [-0.25, -0.2) is 4.72 Å². The normalized spacial score (nSPS) is 14.0.